The number of carbonyl (C=O) groups is 3. The van der Waals surface area contributed by atoms with Crippen molar-refractivity contribution < 1.29 is 28.6 Å². The molecule has 1 N–H and O–H groups in total. The van der Waals surface area contributed by atoms with Crippen LogP contribution in [0.5, 0.6) is 17.2 Å². The summed E-state index contributed by atoms with van der Waals surface area (Å²) in [6.07, 6.45) is 1.41. The van der Waals surface area contributed by atoms with Crippen molar-refractivity contribution in [1.82, 2.24) is 5.32 Å². The van der Waals surface area contributed by atoms with Gasteiger partial charge in [-0.15, -0.1) is 0 Å². The second-order valence-corrected chi connectivity index (χ2v) is 11.0. The molecule has 1 fully saturated rings. The normalized spacial score (nSPS) is 14.1. The smallest absolute Gasteiger partial charge is 0.335 e. The molecule has 1 aliphatic heterocycles. The van der Waals surface area contributed by atoms with E-state index in [2.05, 4.69) is 37.2 Å². The van der Waals surface area contributed by atoms with E-state index in [0.717, 1.165) is 20.5 Å². The van der Waals surface area contributed by atoms with Gasteiger partial charge in [0.15, 0.2) is 11.5 Å². The summed E-state index contributed by atoms with van der Waals surface area (Å²) in [7, 11) is 1.57. The Balaban J connectivity index is 1.36. The van der Waals surface area contributed by atoms with E-state index < -0.39 is 17.8 Å². The first kappa shape index (κ1) is 29.1. The summed E-state index contributed by atoms with van der Waals surface area (Å²) in [5, 5.41) is 2.24. The first-order valence-electron chi connectivity index (χ1n) is 12.8. The van der Waals surface area contributed by atoms with Crippen molar-refractivity contribution in [3.8, 4) is 17.2 Å². The van der Waals surface area contributed by atoms with E-state index in [4.69, 9.17) is 14.2 Å². The summed E-state index contributed by atoms with van der Waals surface area (Å²) in [5.41, 5.74) is 2.46. The molecule has 1 heterocycles. The summed E-state index contributed by atoms with van der Waals surface area (Å²) >= 11 is 6.78. The molecule has 4 aromatic carbocycles. The van der Waals surface area contributed by atoms with Crippen LogP contribution in [0.4, 0.5) is 10.5 Å². The quantitative estimate of drug-likeness (QED) is 0.149. The monoisotopic (exact) mass is 690 g/mol. The molecule has 0 aromatic heterocycles. The zero-order valence-corrected chi connectivity index (χ0v) is 25.5. The molecular weight excluding hydrogens is 668 g/mol. The van der Waals surface area contributed by atoms with Gasteiger partial charge in [0.2, 0.25) is 0 Å². The predicted octanol–water partition coefficient (Wildman–Crippen LogP) is 7.04. The third kappa shape index (κ3) is 6.72. The molecule has 42 heavy (non-hydrogen) atoms. The maximum Gasteiger partial charge on any atom is 0.335 e. The molecule has 0 aliphatic carbocycles. The van der Waals surface area contributed by atoms with E-state index in [0.29, 0.717) is 39.6 Å². The van der Waals surface area contributed by atoms with Gasteiger partial charge in [-0.25, -0.2) is 9.69 Å². The van der Waals surface area contributed by atoms with Crippen LogP contribution in [0.25, 0.3) is 6.08 Å². The van der Waals surface area contributed by atoms with Crippen LogP contribution in [0.2, 0.25) is 0 Å². The second kappa shape index (κ2) is 13.1. The molecule has 0 radical (unpaired) electrons. The van der Waals surface area contributed by atoms with Crippen LogP contribution in [-0.4, -0.2) is 25.0 Å². The number of urea groups is 1. The third-order valence-electron chi connectivity index (χ3n) is 6.32. The summed E-state index contributed by atoms with van der Waals surface area (Å²) in [5.74, 6) is 0.0629. The van der Waals surface area contributed by atoms with Gasteiger partial charge >= 0.3 is 6.03 Å². The van der Waals surface area contributed by atoms with E-state index in [9.17, 15) is 14.4 Å². The molecule has 0 bridgehead atoms. The first-order chi connectivity index (χ1) is 20.3. The molecule has 10 heteroatoms. The first-order valence-corrected chi connectivity index (χ1v) is 14.3. The van der Waals surface area contributed by atoms with Gasteiger partial charge in [0, 0.05) is 14.5 Å². The Morgan fingerprint density at radius 3 is 2.14 bits per heavy atom. The molecule has 0 atom stereocenters. The van der Waals surface area contributed by atoms with E-state index in [1.807, 2.05) is 48.5 Å². The van der Waals surface area contributed by atoms with Gasteiger partial charge in [-0.2, -0.15) is 0 Å². The minimum absolute atomic E-state index is 0.177. The number of hydrogen-bond acceptors (Lipinski definition) is 6. The lowest BCUT2D eigenvalue weighted by Gasteiger charge is -2.26. The van der Waals surface area contributed by atoms with Gasteiger partial charge in [-0.1, -0.05) is 68.3 Å². The van der Waals surface area contributed by atoms with Crippen molar-refractivity contribution >= 4 is 61.5 Å². The number of imide groups is 2. The lowest BCUT2D eigenvalue weighted by molar-refractivity contribution is -0.122. The highest BCUT2D eigenvalue weighted by atomic mass is 79.9. The van der Waals surface area contributed by atoms with Crippen LogP contribution in [0.15, 0.2) is 106 Å². The van der Waals surface area contributed by atoms with Crippen LogP contribution >= 0.6 is 31.9 Å². The molecule has 0 saturated carbocycles. The van der Waals surface area contributed by atoms with Crippen molar-refractivity contribution in [2.45, 2.75) is 13.2 Å². The van der Waals surface area contributed by atoms with Gasteiger partial charge in [-0.3, -0.25) is 14.9 Å². The molecule has 1 aliphatic rings. The van der Waals surface area contributed by atoms with Crippen molar-refractivity contribution in [1.29, 1.82) is 0 Å². The number of nitrogens with zero attached hydrogens (tertiary/aromatic N) is 1. The fourth-order valence-corrected chi connectivity index (χ4v) is 4.86. The van der Waals surface area contributed by atoms with Crippen molar-refractivity contribution in [2.24, 2.45) is 0 Å². The summed E-state index contributed by atoms with van der Waals surface area (Å²) in [6.45, 7) is 0.581. The van der Waals surface area contributed by atoms with Gasteiger partial charge in [0.25, 0.3) is 11.8 Å². The van der Waals surface area contributed by atoms with Gasteiger partial charge in [-0.05, 0) is 71.8 Å². The Morgan fingerprint density at radius 1 is 0.738 bits per heavy atom. The highest BCUT2D eigenvalue weighted by Gasteiger charge is 2.37. The van der Waals surface area contributed by atoms with E-state index >= 15 is 0 Å². The minimum Gasteiger partial charge on any atom is -0.493 e. The number of carbonyl (C=O) groups excluding carboxylic acids is 3. The van der Waals surface area contributed by atoms with Crippen LogP contribution in [0.3, 0.4) is 0 Å². The second-order valence-electron chi connectivity index (χ2n) is 9.16. The number of anilines is 1. The lowest BCUT2D eigenvalue weighted by Crippen LogP contribution is -2.54. The lowest BCUT2D eigenvalue weighted by atomic mass is 10.1. The van der Waals surface area contributed by atoms with E-state index in [-0.39, 0.29) is 12.2 Å². The standard InChI is InChI=1S/C32H24Br2N2O6/c1-40-29-15-21(7-13-28(29)42-18-20-5-3-2-4-6-20)19-41-27-14-10-24(34)16-22(27)17-26-30(37)35-32(39)36(31(26)38)25-11-8-23(33)9-12-25/h2-17H,18-19H2,1H3,(H,35,37,39)/b26-17+. The topological polar surface area (TPSA) is 94.2 Å². The fourth-order valence-electron chi connectivity index (χ4n) is 4.22. The Kier molecular flexibility index (Phi) is 9.04. The maximum atomic E-state index is 13.3. The Labute approximate surface area is 259 Å². The summed E-state index contributed by atoms with van der Waals surface area (Å²) < 4.78 is 19.1. The zero-order valence-electron chi connectivity index (χ0n) is 22.3. The average molecular weight is 692 g/mol. The molecule has 8 nitrogen and oxygen atoms in total. The van der Waals surface area contributed by atoms with Crippen LogP contribution in [0.1, 0.15) is 16.7 Å². The fraction of sp³-hybridized carbons (Fsp3) is 0.0938. The molecule has 212 valence electrons. The zero-order chi connectivity index (χ0) is 29.6. The summed E-state index contributed by atoms with van der Waals surface area (Å²) in [6, 6.07) is 26.4. The molecule has 5 rings (SSSR count). The van der Waals surface area contributed by atoms with Crippen LogP contribution in [-0.2, 0) is 22.8 Å². The maximum absolute atomic E-state index is 13.3. The number of benzene rings is 4. The number of amides is 4. The average Bonchev–Trinajstić information content (AvgIpc) is 2.99. The van der Waals surface area contributed by atoms with Crippen LogP contribution in [0, 0.1) is 0 Å². The van der Waals surface area contributed by atoms with Crippen molar-refractivity contribution in [2.75, 3.05) is 12.0 Å². The Morgan fingerprint density at radius 2 is 1.40 bits per heavy atom. The van der Waals surface area contributed by atoms with Crippen LogP contribution < -0.4 is 24.4 Å². The molecular formula is C32H24Br2N2O6. The molecule has 4 amide bonds. The van der Waals surface area contributed by atoms with Gasteiger partial charge in [0.1, 0.15) is 24.5 Å². The van der Waals surface area contributed by atoms with Crippen molar-refractivity contribution in [3.05, 3.63) is 122 Å². The predicted molar refractivity (Wildman–Crippen MR) is 165 cm³/mol. The highest BCUT2D eigenvalue weighted by Crippen LogP contribution is 2.32. The number of rotatable bonds is 9. The van der Waals surface area contributed by atoms with Crippen molar-refractivity contribution in [3.63, 3.8) is 0 Å². The molecule has 0 spiro atoms. The molecule has 1 saturated heterocycles. The van der Waals surface area contributed by atoms with E-state index in [1.54, 1.807) is 49.6 Å². The third-order valence-corrected chi connectivity index (χ3v) is 7.34. The van der Waals surface area contributed by atoms with Gasteiger partial charge < -0.3 is 14.2 Å². The number of ether oxygens (including phenoxy) is 3. The number of methoxy groups -OCH3 is 1. The SMILES string of the molecule is COc1cc(COc2ccc(Br)cc2/C=C2\C(=O)NC(=O)N(c3ccc(Br)cc3)C2=O)ccc1OCc1ccccc1. The number of halogens is 2. The number of barbiturate groups is 1. The van der Waals surface area contributed by atoms with Gasteiger partial charge in [0.05, 0.1) is 12.8 Å². The largest absolute Gasteiger partial charge is 0.493 e. The summed E-state index contributed by atoms with van der Waals surface area (Å²) in [4.78, 5) is 39.6. The Bertz CT molecular complexity index is 1670. The minimum atomic E-state index is -0.819. The number of nitrogens with one attached hydrogen (secondary N) is 1. The Hall–Kier alpha value is -4.41. The molecule has 4 aromatic rings. The molecule has 0 unspecified atom stereocenters. The number of hydrogen-bond donors (Lipinski definition) is 1. The van der Waals surface area contributed by atoms with E-state index in [1.165, 1.54) is 6.08 Å². The highest BCUT2D eigenvalue weighted by molar-refractivity contribution is 9.10.